The average molecular weight is 280 g/mol. The molecule has 1 heterocycles. The van der Waals surface area contributed by atoms with Gasteiger partial charge in [-0.05, 0) is 17.7 Å². The topological polar surface area (TPSA) is 78.2 Å². The minimum Gasteiger partial charge on any atom is -0.479 e. The Morgan fingerprint density at radius 2 is 2.05 bits per heavy atom. The Balaban J connectivity index is 2.20. The summed E-state index contributed by atoms with van der Waals surface area (Å²) >= 11 is 5.70. The van der Waals surface area contributed by atoms with Crippen molar-refractivity contribution in [1.82, 2.24) is 9.97 Å². The zero-order chi connectivity index (χ0) is 13.7. The van der Waals surface area contributed by atoms with Gasteiger partial charge in [0.05, 0.1) is 4.92 Å². The maximum absolute atomic E-state index is 10.9. The van der Waals surface area contributed by atoms with E-state index in [9.17, 15) is 10.1 Å². The van der Waals surface area contributed by atoms with E-state index < -0.39 is 4.92 Å². The van der Waals surface area contributed by atoms with Gasteiger partial charge in [-0.15, -0.1) is 11.6 Å². The van der Waals surface area contributed by atoms with Gasteiger partial charge in [0, 0.05) is 24.3 Å². The first-order chi connectivity index (χ1) is 9.20. The van der Waals surface area contributed by atoms with Gasteiger partial charge in [0.2, 0.25) is 0 Å². The first-order valence-electron chi connectivity index (χ1n) is 5.42. The summed E-state index contributed by atoms with van der Waals surface area (Å²) in [5.41, 5.74) is 0.640. The Morgan fingerprint density at radius 1 is 1.32 bits per heavy atom. The Kier molecular flexibility index (Phi) is 4.25. The molecule has 0 spiro atoms. The van der Waals surface area contributed by atoms with Crippen molar-refractivity contribution in [3.8, 4) is 5.75 Å². The molecule has 0 atom stereocenters. The number of nitro groups is 1. The molecule has 19 heavy (non-hydrogen) atoms. The standard InChI is InChI=1S/C12H10ClN3O3/c13-7-9-2-3-10(16(17)18)11(6-9)19-8-12-14-4-1-5-15-12/h1-6H,7-8H2. The maximum Gasteiger partial charge on any atom is 0.310 e. The second-order valence-electron chi connectivity index (χ2n) is 3.65. The van der Waals surface area contributed by atoms with Gasteiger partial charge >= 0.3 is 5.69 Å². The van der Waals surface area contributed by atoms with Crippen LogP contribution in [0.5, 0.6) is 5.75 Å². The van der Waals surface area contributed by atoms with Gasteiger partial charge in [0.25, 0.3) is 0 Å². The Labute approximate surface area is 114 Å². The van der Waals surface area contributed by atoms with Crippen LogP contribution in [-0.2, 0) is 12.5 Å². The number of ether oxygens (including phenoxy) is 1. The van der Waals surface area contributed by atoms with E-state index in [0.717, 1.165) is 5.56 Å². The Morgan fingerprint density at radius 3 is 2.68 bits per heavy atom. The van der Waals surface area contributed by atoms with E-state index in [0.29, 0.717) is 5.82 Å². The van der Waals surface area contributed by atoms with E-state index in [4.69, 9.17) is 16.3 Å². The summed E-state index contributed by atoms with van der Waals surface area (Å²) in [5, 5.41) is 10.9. The average Bonchev–Trinajstić information content (AvgIpc) is 2.45. The van der Waals surface area contributed by atoms with Crippen LogP contribution in [0.2, 0.25) is 0 Å². The van der Waals surface area contributed by atoms with Gasteiger partial charge in [-0.1, -0.05) is 6.07 Å². The fourth-order valence-corrected chi connectivity index (χ4v) is 1.62. The molecule has 0 radical (unpaired) electrons. The summed E-state index contributed by atoms with van der Waals surface area (Å²) in [6.07, 6.45) is 3.16. The quantitative estimate of drug-likeness (QED) is 0.478. The number of hydrogen-bond donors (Lipinski definition) is 0. The predicted octanol–water partition coefficient (Wildman–Crippen LogP) is 2.70. The molecule has 1 aromatic carbocycles. The summed E-state index contributed by atoms with van der Waals surface area (Å²) in [7, 11) is 0. The molecule has 7 heteroatoms. The van der Waals surface area contributed by atoms with Crippen LogP contribution in [-0.4, -0.2) is 14.9 Å². The van der Waals surface area contributed by atoms with Crippen molar-refractivity contribution in [3.05, 3.63) is 58.2 Å². The first kappa shape index (κ1) is 13.2. The van der Waals surface area contributed by atoms with Crippen LogP contribution in [0.4, 0.5) is 5.69 Å². The monoisotopic (exact) mass is 279 g/mol. The molecular weight excluding hydrogens is 270 g/mol. The highest BCUT2D eigenvalue weighted by Crippen LogP contribution is 2.29. The lowest BCUT2D eigenvalue weighted by atomic mass is 10.2. The number of nitro benzene ring substituents is 1. The van der Waals surface area contributed by atoms with Crippen molar-refractivity contribution in [2.45, 2.75) is 12.5 Å². The lowest BCUT2D eigenvalue weighted by Crippen LogP contribution is -2.03. The molecule has 98 valence electrons. The fourth-order valence-electron chi connectivity index (χ4n) is 1.45. The number of benzene rings is 1. The van der Waals surface area contributed by atoms with Crippen molar-refractivity contribution in [1.29, 1.82) is 0 Å². The number of aromatic nitrogens is 2. The van der Waals surface area contributed by atoms with Crippen LogP contribution in [0.25, 0.3) is 0 Å². The molecule has 2 rings (SSSR count). The molecule has 0 saturated carbocycles. The Hall–Kier alpha value is -2.21. The van der Waals surface area contributed by atoms with E-state index in [1.807, 2.05) is 0 Å². The second kappa shape index (κ2) is 6.10. The zero-order valence-corrected chi connectivity index (χ0v) is 10.6. The molecule has 2 aromatic rings. The third-order valence-corrected chi connectivity index (χ3v) is 2.66. The third kappa shape index (κ3) is 3.38. The zero-order valence-electron chi connectivity index (χ0n) is 9.82. The van der Waals surface area contributed by atoms with Crippen LogP contribution in [0, 0.1) is 10.1 Å². The minimum atomic E-state index is -0.501. The van der Waals surface area contributed by atoms with E-state index >= 15 is 0 Å². The van der Waals surface area contributed by atoms with Crippen molar-refractivity contribution in [2.75, 3.05) is 0 Å². The van der Waals surface area contributed by atoms with Crippen LogP contribution < -0.4 is 4.74 Å². The highest BCUT2D eigenvalue weighted by Gasteiger charge is 2.15. The molecule has 0 saturated heterocycles. The molecule has 0 fully saturated rings. The first-order valence-corrected chi connectivity index (χ1v) is 5.96. The van der Waals surface area contributed by atoms with Gasteiger partial charge in [-0.25, -0.2) is 9.97 Å². The number of nitrogens with zero attached hydrogens (tertiary/aromatic N) is 3. The SMILES string of the molecule is O=[N+]([O-])c1ccc(CCl)cc1OCc1ncccn1. The third-order valence-electron chi connectivity index (χ3n) is 2.35. The van der Waals surface area contributed by atoms with E-state index in [1.165, 1.54) is 6.07 Å². The van der Waals surface area contributed by atoms with Crippen LogP contribution in [0.15, 0.2) is 36.7 Å². The molecule has 0 aliphatic heterocycles. The summed E-state index contributed by atoms with van der Waals surface area (Å²) in [4.78, 5) is 18.4. The van der Waals surface area contributed by atoms with Gasteiger partial charge in [-0.3, -0.25) is 10.1 Å². The van der Waals surface area contributed by atoms with Crippen molar-refractivity contribution in [3.63, 3.8) is 0 Å². The van der Waals surface area contributed by atoms with Crippen molar-refractivity contribution >= 4 is 17.3 Å². The summed E-state index contributed by atoms with van der Waals surface area (Å²) < 4.78 is 5.40. The van der Waals surface area contributed by atoms with Crippen LogP contribution >= 0.6 is 11.6 Å². The van der Waals surface area contributed by atoms with E-state index in [-0.39, 0.29) is 23.9 Å². The van der Waals surface area contributed by atoms with Crippen LogP contribution in [0.1, 0.15) is 11.4 Å². The van der Waals surface area contributed by atoms with E-state index in [2.05, 4.69) is 9.97 Å². The van der Waals surface area contributed by atoms with Crippen LogP contribution in [0.3, 0.4) is 0 Å². The molecule has 0 aliphatic rings. The molecule has 0 bridgehead atoms. The molecule has 1 aromatic heterocycles. The van der Waals surface area contributed by atoms with Gasteiger partial charge in [0.1, 0.15) is 6.61 Å². The molecular formula is C12H10ClN3O3. The Bertz CT molecular complexity index is 578. The van der Waals surface area contributed by atoms with Crippen molar-refractivity contribution in [2.24, 2.45) is 0 Å². The molecule has 0 aliphatic carbocycles. The summed E-state index contributed by atoms with van der Waals surface area (Å²) in [6, 6.07) is 6.20. The summed E-state index contributed by atoms with van der Waals surface area (Å²) in [5.74, 6) is 0.875. The maximum atomic E-state index is 10.9. The predicted molar refractivity (Wildman–Crippen MR) is 69.0 cm³/mol. The van der Waals surface area contributed by atoms with Gasteiger partial charge in [-0.2, -0.15) is 0 Å². The number of alkyl halides is 1. The highest BCUT2D eigenvalue weighted by molar-refractivity contribution is 6.17. The lowest BCUT2D eigenvalue weighted by molar-refractivity contribution is -0.386. The van der Waals surface area contributed by atoms with Gasteiger partial charge in [0.15, 0.2) is 11.6 Å². The highest BCUT2D eigenvalue weighted by atomic mass is 35.5. The lowest BCUT2D eigenvalue weighted by Gasteiger charge is -2.07. The number of hydrogen-bond acceptors (Lipinski definition) is 5. The second-order valence-corrected chi connectivity index (χ2v) is 3.91. The fraction of sp³-hybridized carbons (Fsp3) is 0.167. The largest absolute Gasteiger partial charge is 0.479 e. The minimum absolute atomic E-state index is 0.0629. The molecule has 0 N–H and O–H groups in total. The summed E-state index contributed by atoms with van der Waals surface area (Å²) in [6.45, 7) is 0.0629. The van der Waals surface area contributed by atoms with Crippen molar-refractivity contribution < 1.29 is 9.66 Å². The van der Waals surface area contributed by atoms with Gasteiger partial charge < -0.3 is 4.74 Å². The molecule has 0 unspecified atom stereocenters. The molecule has 6 nitrogen and oxygen atoms in total. The smallest absolute Gasteiger partial charge is 0.310 e. The van der Waals surface area contributed by atoms with E-state index in [1.54, 1.807) is 30.6 Å². The normalized spacial score (nSPS) is 10.2. The number of halogens is 1. The number of rotatable bonds is 5. The molecule has 0 amide bonds.